The Morgan fingerprint density at radius 2 is 2.17 bits per heavy atom. The molecule has 0 saturated carbocycles. The third kappa shape index (κ3) is 1.45. The number of hydrogen-bond donors (Lipinski definition) is 1. The number of pyridine rings is 1. The van der Waals surface area contributed by atoms with Crippen molar-refractivity contribution < 1.29 is 4.39 Å². The molecule has 1 aliphatic carbocycles. The molecule has 1 aromatic carbocycles. The molecule has 0 amide bonds. The second-order valence-electron chi connectivity index (χ2n) is 4.23. The molecule has 1 aromatic heterocycles. The van der Waals surface area contributed by atoms with Crippen LogP contribution in [0.15, 0.2) is 24.3 Å². The molecule has 1 aliphatic rings. The normalized spacial score (nSPS) is 11.6. The first-order valence-electron chi connectivity index (χ1n) is 5.63. The molecule has 1 heterocycles. The molecule has 0 unspecified atom stereocenters. The van der Waals surface area contributed by atoms with Gasteiger partial charge in [-0.05, 0) is 35.4 Å². The maximum absolute atomic E-state index is 13.2. The summed E-state index contributed by atoms with van der Waals surface area (Å²) in [6, 6.07) is 8.65. The van der Waals surface area contributed by atoms with Gasteiger partial charge in [-0.3, -0.25) is 0 Å². The van der Waals surface area contributed by atoms with Gasteiger partial charge < -0.3 is 5.32 Å². The average molecular weight is 239 g/mol. The van der Waals surface area contributed by atoms with Gasteiger partial charge in [-0.15, -0.1) is 0 Å². The van der Waals surface area contributed by atoms with Gasteiger partial charge in [0.05, 0.1) is 11.3 Å². The van der Waals surface area contributed by atoms with Crippen LogP contribution in [0.25, 0.3) is 11.3 Å². The summed E-state index contributed by atoms with van der Waals surface area (Å²) < 4.78 is 13.2. The maximum Gasteiger partial charge on any atom is 0.144 e. The molecule has 0 radical (unpaired) electrons. The summed E-state index contributed by atoms with van der Waals surface area (Å²) in [7, 11) is 1.73. The van der Waals surface area contributed by atoms with Crippen LogP contribution >= 0.6 is 0 Å². The third-order valence-electron chi connectivity index (χ3n) is 3.16. The summed E-state index contributed by atoms with van der Waals surface area (Å²) in [6.45, 7) is 0. The summed E-state index contributed by atoms with van der Waals surface area (Å²) in [4.78, 5) is 4.46. The lowest BCUT2D eigenvalue weighted by Gasteiger charge is -2.06. The molecule has 0 bridgehead atoms. The molecule has 3 rings (SSSR count). The van der Waals surface area contributed by atoms with E-state index in [2.05, 4.69) is 16.4 Å². The van der Waals surface area contributed by atoms with Gasteiger partial charge in [0, 0.05) is 19.0 Å². The minimum Gasteiger partial charge on any atom is -0.372 e. The number of hydrogen-bond acceptors (Lipinski definition) is 3. The number of rotatable bonds is 1. The van der Waals surface area contributed by atoms with E-state index in [-0.39, 0.29) is 5.82 Å². The summed E-state index contributed by atoms with van der Waals surface area (Å²) in [6.07, 6.45) is 0.633. The van der Waals surface area contributed by atoms with Gasteiger partial charge in [-0.1, -0.05) is 0 Å². The van der Waals surface area contributed by atoms with E-state index in [1.165, 1.54) is 12.1 Å². The zero-order valence-corrected chi connectivity index (χ0v) is 9.79. The zero-order chi connectivity index (χ0) is 12.7. The van der Waals surface area contributed by atoms with E-state index >= 15 is 0 Å². The third-order valence-corrected chi connectivity index (χ3v) is 3.16. The second kappa shape index (κ2) is 3.81. The van der Waals surface area contributed by atoms with E-state index in [0.717, 1.165) is 22.4 Å². The number of fused-ring (bicyclic) bond motifs is 3. The Kier molecular flexibility index (Phi) is 2.27. The van der Waals surface area contributed by atoms with Gasteiger partial charge in [0.1, 0.15) is 17.7 Å². The molecule has 2 aromatic rings. The number of nitrogens with one attached hydrogen (secondary N) is 1. The predicted molar refractivity (Wildman–Crippen MR) is 66.7 cm³/mol. The molecule has 0 atom stereocenters. The molecule has 1 N–H and O–H groups in total. The van der Waals surface area contributed by atoms with Crippen molar-refractivity contribution in [2.24, 2.45) is 0 Å². The Hall–Kier alpha value is -2.41. The molecule has 0 spiro atoms. The van der Waals surface area contributed by atoms with Crippen LogP contribution in [0.5, 0.6) is 0 Å². The number of nitriles is 1. The summed E-state index contributed by atoms with van der Waals surface area (Å²) in [5.41, 5.74) is 4.21. The lowest BCUT2D eigenvalue weighted by Crippen LogP contribution is -1.98. The van der Waals surface area contributed by atoms with Gasteiger partial charge in [0.25, 0.3) is 0 Å². The van der Waals surface area contributed by atoms with Crippen LogP contribution in [0.2, 0.25) is 0 Å². The predicted octanol–water partition coefficient (Wildman–Crippen LogP) is 2.71. The van der Waals surface area contributed by atoms with Crippen LogP contribution < -0.4 is 5.32 Å². The standard InChI is InChI=1S/C14H10FN3/c1-17-14-10(7-16)5-9-4-8-6-11(15)2-3-12(8)13(9)18-14/h2-3,5-6H,4H2,1H3,(H,17,18). The average Bonchev–Trinajstić information content (AvgIpc) is 2.73. The Morgan fingerprint density at radius 3 is 2.89 bits per heavy atom. The van der Waals surface area contributed by atoms with Crippen LogP contribution in [0.4, 0.5) is 10.2 Å². The highest BCUT2D eigenvalue weighted by Gasteiger charge is 2.22. The van der Waals surface area contributed by atoms with Gasteiger partial charge >= 0.3 is 0 Å². The van der Waals surface area contributed by atoms with Gasteiger partial charge in [0.2, 0.25) is 0 Å². The summed E-state index contributed by atoms with van der Waals surface area (Å²) >= 11 is 0. The van der Waals surface area contributed by atoms with Crippen molar-refractivity contribution >= 4 is 5.82 Å². The van der Waals surface area contributed by atoms with Gasteiger partial charge in [-0.25, -0.2) is 9.37 Å². The summed E-state index contributed by atoms with van der Waals surface area (Å²) in [5, 5.41) is 12.0. The van der Waals surface area contributed by atoms with Crippen LogP contribution in [0, 0.1) is 17.1 Å². The monoisotopic (exact) mass is 239 g/mol. The molecular weight excluding hydrogens is 229 g/mol. The van der Waals surface area contributed by atoms with Crippen molar-refractivity contribution in [2.75, 3.05) is 12.4 Å². The SMILES string of the molecule is CNc1nc2c(cc1C#N)Cc1cc(F)ccc1-2. The van der Waals surface area contributed by atoms with Crippen molar-refractivity contribution in [1.82, 2.24) is 4.98 Å². The van der Waals surface area contributed by atoms with Crippen molar-refractivity contribution in [3.05, 3.63) is 46.8 Å². The smallest absolute Gasteiger partial charge is 0.144 e. The highest BCUT2D eigenvalue weighted by Crippen LogP contribution is 2.37. The van der Waals surface area contributed by atoms with Crippen LogP contribution in [-0.2, 0) is 6.42 Å². The lowest BCUT2D eigenvalue weighted by atomic mass is 10.1. The fourth-order valence-electron chi connectivity index (χ4n) is 2.34. The van der Waals surface area contributed by atoms with Crippen molar-refractivity contribution in [3.63, 3.8) is 0 Å². The first-order chi connectivity index (χ1) is 8.72. The number of halogens is 1. The summed E-state index contributed by atoms with van der Waals surface area (Å²) in [5.74, 6) is 0.323. The Balaban J connectivity index is 2.22. The zero-order valence-electron chi connectivity index (χ0n) is 9.79. The molecule has 88 valence electrons. The number of nitrogens with zero attached hydrogens (tertiary/aromatic N) is 2. The van der Waals surface area contributed by atoms with Crippen LogP contribution in [-0.4, -0.2) is 12.0 Å². The first kappa shape index (κ1) is 10.7. The number of aromatic nitrogens is 1. The number of anilines is 1. The molecule has 0 fully saturated rings. The maximum atomic E-state index is 13.2. The molecule has 18 heavy (non-hydrogen) atoms. The minimum atomic E-state index is -0.240. The fraction of sp³-hybridized carbons (Fsp3) is 0.143. The second-order valence-corrected chi connectivity index (χ2v) is 4.23. The fourth-order valence-corrected chi connectivity index (χ4v) is 2.34. The highest BCUT2D eigenvalue weighted by atomic mass is 19.1. The van der Waals surface area contributed by atoms with Crippen molar-refractivity contribution in [2.45, 2.75) is 6.42 Å². The van der Waals surface area contributed by atoms with Crippen molar-refractivity contribution in [3.8, 4) is 17.3 Å². The first-order valence-corrected chi connectivity index (χ1v) is 5.63. The Labute approximate surface area is 104 Å². The largest absolute Gasteiger partial charge is 0.372 e. The van der Waals surface area contributed by atoms with Crippen LogP contribution in [0.3, 0.4) is 0 Å². The Morgan fingerprint density at radius 1 is 1.33 bits per heavy atom. The highest BCUT2D eigenvalue weighted by molar-refractivity contribution is 5.76. The van der Waals surface area contributed by atoms with Crippen LogP contribution in [0.1, 0.15) is 16.7 Å². The molecule has 0 aliphatic heterocycles. The topological polar surface area (TPSA) is 48.7 Å². The minimum absolute atomic E-state index is 0.240. The molecule has 0 saturated heterocycles. The molecular formula is C14H10FN3. The van der Waals surface area contributed by atoms with E-state index in [1.807, 2.05) is 6.07 Å². The van der Waals surface area contributed by atoms with E-state index in [1.54, 1.807) is 13.1 Å². The molecule has 4 heteroatoms. The van der Waals surface area contributed by atoms with E-state index in [0.29, 0.717) is 17.8 Å². The van der Waals surface area contributed by atoms with E-state index in [4.69, 9.17) is 5.26 Å². The van der Waals surface area contributed by atoms with Crippen molar-refractivity contribution in [1.29, 1.82) is 5.26 Å². The van der Waals surface area contributed by atoms with Gasteiger partial charge in [-0.2, -0.15) is 5.26 Å². The van der Waals surface area contributed by atoms with E-state index < -0.39 is 0 Å². The van der Waals surface area contributed by atoms with Gasteiger partial charge in [0.15, 0.2) is 0 Å². The van der Waals surface area contributed by atoms with E-state index in [9.17, 15) is 4.39 Å². The number of benzene rings is 1. The molecule has 3 nitrogen and oxygen atoms in total. The quantitative estimate of drug-likeness (QED) is 0.710. The Bertz CT molecular complexity index is 686. The lowest BCUT2D eigenvalue weighted by molar-refractivity contribution is 0.626.